The van der Waals surface area contributed by atoms with E-state index in [1.807, 2.05) is 13.8 Å². The van der Waals surface area contributed by atoms with Crippen LogP contribution in [0.1, 0.15) is 36.7 Å². The molecule has 6 heteroatoms. The van der Waals surface area contributed by atoms with Gasteiger partial charge in [-0.3, -0.25) is 9.80 Å². The second kappa shape index (κ2) is 8.34. The Kier molecular flexibility index (Phi) is 6.18. The minimum absolute atomic E-state index is 0.0372. The van der Waals surface area contributed by atoms with E-state index in [4.69, 9.17) is 6.42 Å². The van der Waals surface area contributed by atoms with Gasteiger partial charge in [-0.1, -0.05) is 23.3 Å². The van der Waals surface area contributed by atoms with Gasteiger partial charge in [-0.25, -0.2) is 8.78 Å². The number of terminal acetylenes is 1. The quantitative estimate of drug-likeness (QED) is 0.311. The zero-order valence-electron chi connectivity index (χ0n) is 14.9. The molecule has 4 nitrogen and oxygen atoms in total. The lowest BCUT2D eigenvalue weighted by molar-refractivity contribution is 0.101. The molecule has 0 aliphatic carbocycles. The average molecular weight is 355 g/mol. The average Bonchev–Trinajstić information content (AvgIpc) is 2.62. The highest BCUT2D eigenvalue weighted by Gasteiger charge is 2.21. The minimum Gasteiger partial charge on any atom is -0.294 e. The van der Waals surface area contributed by atoms with Crippen LogP contribution in [0, 0.1) is 24.0 Å². The van der Waals surface area contributed by atoms with E-state index in [0.29, 0.717) is 18.7 Å². The highest BCUT2D eigenvalue weighted by atomic mass is 19.1. The second-order valence-electron chi connectivity index (χ2n) is 5.54. The lowest BCUT2D eigenvalue weighted by Crippen LogP contribution is -2.14. The number of hydrogen-bond acceptors (Lipinski definition) is 3. The van der Waals surface area contributed by atoms with Crippen LogP contribution in [0.5, 0.6) is 0 Å². The molecule has 0 aliphatic heterocycles. The van der Waals surface area contributed by atoms with E-state index in [1.165, 1.54) is 25.1 Å². The zero-order chi connectivity index (χ0) is 19.3. The van der Waals surface area contributed by atoms with Crippen molar-refractivity contribution in [3.63, 3.8) is 0 Å². The van der Waals surface area contributed by atoms with E-state index in [1.54, 1.807) is 11.1 Å². The standard InChI is InChI=1S/C20H19F2N3O/c1-5-16-18(22)12-17(13(4)26)19(14-9-8-10-15(21)11-14)20(16)23-24-25(6-2)7-3/h1,8-12H,6-7H2,2-4H3. The monoisotopic (exact) mass is 355 g/mol. The molecule has 0 bridgehead atoms. The molecule has 0 N–H and O–H groups in total. The van der Waals surface area contributed by atoms with Crippen LogP contribution in [-0.4, -0.2) is 23.9 Å². The van der Waals surface area contributed by atoms with Gasteiger partial charge in [0.2, 0.25) is 0 Å². The van der Waals surface area contributed by atoms with Gasteiger partial charge in [0.05, 0.1) is 5.56 Å². The predicted molar refractivity (Wildman–Crippen MR) is 97.2 cm³/mol. The smallest absolute Gasteiger partial charge is 0.160 e. The predicted octanol–water partition coefficient (Wildman–Crippen LogP) is 5.16. The van der Waals surface area contributed by atoms with Crippen molar-refractivity contribution in [3.05, 3.63) is 53.1 Å². The summed E-state index contributed by atoms with van der Waals surface area (Å²) in [7, 11) is 0. The van der Waals surface area contributed by atoms with Crippen LogP contribution in [0.4, 0.5) is 14.5 Å². The molecule has 0 unspecified atom stereocenters. The van der Waals surface area contributed by atoms with Crippen LogP contribution in [0.2, 0.25) is 0 Å². The van der Waals surface area contributed by atoms with E-state index in [9.17, 15) is 13.6 Å². The van der Waals surface area contributed by atoms with Crippen LogP contribution in [0.25, 0.3) is 11.1 Å². The molecular weight excluding hydrogens is 336 g/mol. The lowest BCUT2D eigenvalue weighted by Gasteiger charge is -2.15. The number of rotatable bonds is 6. The normalized spacial score (nSPS) is 10.8. The fourth-order valence-corrected chi connectivity index (χ4v) is 2.55. The first-order valence-electron chi connectivity index (χ1n) is 8.19. The SMILES string of the molecule is C#Cc1c(F)cc(C(C)=O)c(-c2cccc(F)c2)c1N=NN(CC)CC. The Balaban J connectivity index is 2.85. The van der Waals surface area contributed by atoms with Gasteiger partial charge in [-0.2, -0.15) is 0 Å². The molecule has 0 saturated carbocycles. The number of Topliss-reactive ketones (excluding diaryl/α,β-unsaturated/α-hetero) is 1. The number of hydrogen-bond donors (Lipinski definition) is 0. The highest BCUT2D eigenvalue weighted by molar-refractivity contribution is 6.04. The van der Waals surface area contributed by atoms with E-state index >= 15 is 0 Å². The summed E-state index contributed by atoms with van der Waals surface area (Å²) in [6, 6.07) is 6.70. The maximum atomic E-state index is 14.5. The molecule has 26 heavy (non-hydrogen) atoms. The van der Waals surface area contributed by atoms with E-state index < -0.39 is 11.6 Å². The number of nitrogens with zero attached hydrogens (tertiary/aromatic N) is 3. The molecule has 2 aromatic carbocycles. The third-order valence-electron chi connectivity index (χ3n) is 3.89. The maximum absolute atomic E-state index is 14.5. The van der Waals surface area contributed by atoms with Gasteiger partial charge < -0.3 is 0 Å². The Labute approximate surface area is 151 Å². The summed E-state index contributed by atoms with van der Waals surface area (Å²) in [6.07, 6.45) is 5.46. The molecule has 0 atom stereocenters. The number of carbonyl (C=O) groups is 1. The Morgan fingerprint density at radius 1 is 1.23 bits per heavy atom. The van der Waals surface area contributed by atoms with Gasteiger partial charge in [0.25, 0.3) is 0 Å². The van der Waals surface area contributed by atoms with Gasteiger partial charge in [0, 0.05) is 24.2 Å². The molecular formula is C20H19F2N3O. The van der Waals surface area contributed by atoms with Crippen molar-refractivity contribution in [2.75, 3.05) is 13.1 Å². The molecule has 0 heterocycles. The third-order valence-corrected chi connectivity index (χ3v) is 3.89. The third kappa shape index (κ3) is 3.94. The molecule has 0 spiro atoms. The molecule has 0 radical (unpaired) electrons. The summed E-state index contributed by atoms with van der Waals surface area (Å²) in [5.74, 6) is 0.644. The first-order valence-corrected chi connectivity index (χ1v) is 8.19. The first kappa shape index (κ1) is 19.3. The van der Waals surface area contributed by atoms with Crippen LogP contribution in [0.15, 0.2) is 40.7 Å². The van der Waals surface area contributed by atoms with Crippen molar-refractivity contribution >= 4 is 11.5 Å². The van der Waals surface area contributed by atoms with E-state index in [2.05, 4.69) is 16.3 Å². The lowest BCUT2D eigenvalue weighted by atomic mass is 9.92. The van der Waals surface area contributed by atoms with Crippen LogP contribution < -0.4 is 0 Å². The maximum Gasteiger partial charge on any atom is 0.160 e. The van der Waals surface area contributed by atoms with Crippen molar-refractivity contribution in [1.82, 2.24) is 5.01 Å². The summed E-state index contributed by atoms with van der Waals surface area (Å²) in [6.45, 7) is 6.28. The first-order chi connectivity index (χ1) is 12.4. The Morgan fingerprint density at radius 3 is 2.46 bits per heavy atom. The summed E-state index contributed by atoms with van der Waals surface area (Å²) in [5, 5.41) is 9.85. The molecule has 2 rings (SSSR count). The summed E-state index contributed by atoms with van der Waals surface area (Å²) >= 11 is 0. The molecule has 134 valence electrons. The highest BCUT2D eigenvalue weighted by Crippen LogP contribution is 2.39. The summed E-state index contributed by atoms with van der Waals surface area (Å²) < 4.78 is 28.2. The van der Waals surface area contributed by atoms with Crippen LogP contribution >= 0.6 is 0 Å². The fourth-order valence-electron chi connectivity index (χ4n) is 2.55. The van der Waals surface area contributed by atoms with Gasteiger partial charge in [-0.05, 0) is 44.5 Å². The molecule has 0 saturated heterocycles. The van der Waals surface area contributed by atoms with Crippen LogP contribution in [-0.2, 0) is 0 Å². The van der Waals surface area contributed by atoms with Crippen molar-refractivity contribution in [3.8, 4) is 23.5 Å². The Morgan fingerprint density at radius 2 is 1.92 bits per heavy atom. The topological polar surface area (TPSA) is 45.0 Å². The van der Waals surface area contributed by atoms with Crippen molar-refractivity contribution < 1.29 is 13.6 Å². The van der Waals surface area contributed by atoms with Crippen molar-refractivity contribution in [2.24, 2.45) is 10.3 Å². The van der Waals surface area contributed by atoms with Gasteiger partial charge in [0.15, 0.2) is 5.78 Å². The molecule has 2 aromatic rings. The molecule has 0 fully saturated rings. The fraction of sp³-hybridized carbons (Fsp3) is 0.250. The van der Waals surface area contributed by atoms with Crippen molar-refractivity contribution in [2.45, 2.75) is 20.8 Å². The van der Waals surface area contributed by atoms with Gasteiger partial charge >= 0.3 is 0 Å². The number of ketones is 1. The van der Waals surface area contributed by atoms with Gasteiger partial charge in [0.1, 0.15) is 17.3 Å². The number of halogens is 2. The number of carbonyl (C=O) groups excluding carboxylic acids is 1. The summed E-state index contributed by atoms with van der Waals surface area (Å²) in [4.78, 5) is 12.1. The van der Waals surface area contributed by atoms with E-state index in [0.717, 1.165) is 6.07 Å². The zero-order valence-corrected chi connectivity index (χ0v) is 14.9. The van der Waals surface area contributed by atoms with Gasteiger partial charge in [-0.15, -0.1) is 11.5 Å². The summed E-state index contributed by atoms with van der Waals surface area (Å²) in [5.41, 5.74) is 0.628. The van der Waals surface area contributed by atoms with Crippen molar-refractivity contribution in [1.29, 1.82) is 0 Å². The minimum atomic E-state index is -0.744. The Bertz CT molecular complexity index is 897. The second-order valence-corrected chi connectivity index (χ2v) is 5.54. The molecule has 0 aliphatic rings. The molecule has 0 amide bonds. The van der Waals surface area contributed by atoms with E-state index in [-0.39, 0.29) is 28.2 Å². The Hall–Kier alpha value is -3.07. The number of benzene rings is 2. The van der Waals surface area contributed by atoms with Crippen LogP contribution in [0.3, 0.4) is 0 Å². The largest absolute Gasteiger partial charge is 0.294 e. The molecule has 0 aromatic heterocycles.